The summed E-state index contributed by atoms with van der Waals surface area (Å²) in [5.41, 5.74) is 1.46. The molecule has 0 amide bonds. The van der Waals surface area contributed by atoms with Crippen molar-refractivity contribution in [3.8, 4) is 0 Å². The molecule has 0 saturated carbocycles. The zero-order chi connectivity index (χ0) is 10.1. The quantitative estimate of drug-likeness (QED) is 0.594. The summed E-state index contributed by atoms with van der Waals surface area (Å²) >= 11 is 0. The van der Waals surface area contributed by atoms with E-state index in [0.29, 0.717) is 5.92 Å². The van der Waals surface area contributed by atoms with Crippen LogP contribution in [0.3, 0.4) is 0 Å². The molecule has 0 heterocycles. The minimum Gasteiger partial charge on any atom is -0.0879 e. The van der Waals surface area contributed by atoms with Gasteiger partial charge in [0.2, 0.25) is 0 Å². The van der Waals surface area contributed by atoms with E-state index < -0.39 is 0 Å². The van der Waals surface area contributed by atoms with Crippen molar-refractivity contribution in [2.45, 2.75) is 18.8 Å². The third kappa shape index (κ3) is 1.56. The van der Waals surface area contributed by atoms with Gasteiger partial charge in [0, 0.05) is 5.92 Å². The van der Waals surface area contributed by atoms with E-state index in [9.17, 15) is 0 Å². The Morgan fingerprint density at radius 3 is 2.60 bits per heavy atom. The van der Waals surface area contributed by atoms with Gasteiger partial charge in [-0.2, -0.15) is 0 Å². The van der Waals surface area contributed by atoms with Gasteiger partial charge in [-0.05, 0) is 29.2 Å². The van der Waals surface area contributed by atoms with E-state index >= 15 is 0 Å². The first-order chi connectivity index (χ1) is 7.43. The zero-order valence-corrected chi connectivity index (χ0v) is 8.69. The molecule has 1 aliphatic carbocycles. The van der Waals surface area contributed by atoms with E-state index in [0.717, 1.165) is 0 Å². The average Bonchev–Trinajstić information content (AvgIpc) is 2.82. The highest BCUT2D eigenvalue weighted by atomic mass is 14.2. The number of allylic oxidation sites excluding steroid dienone is 2. The molecule has 0 N–H and O–H groups in total. The summed E-state index contributed by atoms with van der Waals surface area (Å²) in [5.74, 6) is 0.648. The molecule has 15 heavy (non-hydrogen) atoms. The molecular formula is C15H14. The minimum absolute atomic E-state index is 0.648. The predicted octanol–water partition coefficient (Wildman–Crippen LogP) is 4.27. The highest BCUT2D eigenvalue weighted by Gasteiger charge is 2.11. The van der Waals surface area contributed by atoms with Crippen LogP contribution in [0.1, 0.15) is 24.3 Å². The topological polar surface area (TPSA) is 0 Å². The molecule has 0 nitrogen and oxygen atoms in total. The maximum absolute atomic E-state index is 2.34. The molecule has 2 aromatic rings. The molecule has 0 spiro atoms. The van der Waals surface area contributed by atoms with Crippen LogP contribution in [0.15, 0.2) is 54.6 Å². The van der Waals surface area contributed by atoms with E-state index in [1.54, 1.807) is 0 Å². The van der Waals surface area contributed by atoms with E-state index in [2.05, 4.69) is 54.6 Å². The first-order valence-electron chi connectivity index (χ1n) is 5.59. The van der Waals surface area contributed by atoms with Gasteiger partial charge in [0.15, 0.2) is 0 Å². The summed E-state index contributed by atoms with van der Waals surface area (Å²) in [6.07, 6.45) is 7.14. The van der Waals surface area contributed by atoms with Crippen molar-refractivity contribution >= 4 is 10.8 Å². The van der Waals surface area contributed by atoms with Crippen LogP contribution >= 0.6 is 0 Å². The smallest absolute Gasteiger partial charge is 0.00211 e. The van der Waals surface area contributed by atoms with Crippen LogP contribution in [-0.4, -0.2) is 0 Å². The van der Waals surface area contributed by atoms with Crippen LogP contribution in [0.4, 0.5) is 0 Å². The fourth-order valence-corrected chi connectivity index (χ4v) is 2.35. The first-order valence-corrected chi connectivity index (χ1v) is 5.59. The van der Waals surface area contributed by atoms with Crippen molar-refractivity contribution in [1.29, 1.82) is 0 Å². The fourth-order valence-electron chi connectivity index (χ4n) is 2.35. The highest BCUT2D eigenvalue weighted by molar-refractivity contribution is 5.83. The molecular weight excluding hydrogens is 180 g/mol. The van der Waals surface area contributed by atoms with Crippen LogP contribution in [0.2, 0.25) is 0 Å². The zero-order valence-electron chi connectivity index (χ0n) is 8.69. The van der Waals surface area contributed by atoms with Crippen molar-refractivity contribution in [2.24, 2.45) is 0 Å². The van der Waals surface area contributed by atoms with Crippen molar-refractivity contribution in [1.82, 2.24) is 0 Å². The van der Waals surface area contributed by atoms with Gasteiger partial charge < -0.3 is 0 Å². The van der Waals surface area contributed by atoms with Gasteiger partial charge in [-0.15, -0.1) is 0 Å². The summed E-state index contributed by atoms with van der Waals surface area (Å²) in [7, 11) is 0. The lowest BCUT2D eigenvalue weighted by Crippen LogP contribution is -1.90. The van der Waals surface area contributed by atoms with Crippen molar-refractivity contribution in [2.75, 3.05) is 0 Å². The van der Waals surface area contributed by atoms with Crippen molar-refractivity contribution < 1.29 is 0 Å². The summed E-state index contributed by atoms with van der Waals surface area (Å²) in [5, 5.41) is 2.69. The molecule has 0 aromatic heterocycles. The Morgan fingerprint density at radius 1 is 0.933 bits per heavy atom. The lowest BCUT2D eigenvalue weighted by Gasteiger charge is -2.09. The summed E-state index contributed by atoms with van der Waals surface area (Å²) in [4.78, 5) is 0. The first kappa shape index (κ1) is 8.72. The second-order valence-electron chi connectivity index (χ2n) is 4.22. The Labute approximate surface area is 90.2 Å². The Kier molecular flexibility index (Phi) is 2.06. The molecule has 2 aromatic carbocycles. The number of rotatable bonds is 1. The highest BCUT2D eigenvalue weighted by Crippen LogP contribution is 2.30. The second kappa shape index (κ2) is 3.54. The van der Waals surface area contributed by atoms with Gasteiger partial charge in [-0.25, -0.2) is 0 Å². The van der Waals surface area contributed by atoms with E-state index in [1.165, 1.54) is 29.2 Å². The molecule has 1 aliphatic rings. The molecule has 1 unspecified atom stereocenters. The third-order valence-corrected chi connectivity index (χ3v) is 3.21. The van der Waals surface area contributed by atoms with Gasteiger partial charge >= 0.3 is 0 Å². The van der Waals surface area contributed by atoms with Crippen LogP contribution in [0.5, 0.6) is 0 Å². The van der Waals surface area contributed by atoms with Crippen LogP contribution < -0.4 is 0 Å². The van der Waals surface area contributed by atoms with Gasteiger partial charge in [0.05, 0.1) is 0 Å². The largest absolute Gasteiger partial charge is 0.0879 e. The molecule has 0 aliphatic heterocycles. The van der Waals surface area contributed by atoms with Gasteiger partial charge in [0.1, 0.15) is 0 Å². The van der Waals surface area contributed by atoms with Crippen molar-refractivity contribution in [3.63, 3.8) is 0 Å². The molecule has 0 saturated heterocycles. The van der Waals surface area contributed by atoms with Crippen LogP contribution in [0.25, 0.3) is 10.8 Å². The summed E-state index contributed by atoms with van der Waals surface area (Å²) < 4.78 is 0. The monoisotopic (exact) mass is 194 g/mol. The molecule has 3 rings (SSSR count). The minimum atomic E-state index is 0.648. The maximum atomic E-state index is 2.34. The summed E-state index contributed by atoms with van der Waals surface area (Å²) in [6, 6.07) is 15.4. The maximum Gasteiger partial charge on any atom is 0.00211 e. The fraction of sp³-hybridized carbons (Fsp3) is 0.200. The lowest BCUT2D eigenvalue weighted by molar-refractivity contribution is 0.802. The molecule has 1 atom stereocenters. The van der Waals surface area contributed by atoms with Gasteiger partial charge in [0.25, 0.3) is 0 Å². The number of fused-ring (bicyclic) bond motifs is 1. The van der Waals surface area contributed by atoms with Crippen molar-refractivity contribution in [3.05, 3.63) is 60.2 Å². The standard InChI is InChI=1S/C15H14/c1-2-6-12(5-1)15-10-9-13-7-3-4-8-14(13)11-15/h1,3-5,7-12H,2,6H2. The molecule has 74 valence electrons. The van der Waals surface area contributed by atoms with Gasteiger partial charge in [-0.1, -0.05) is 54.6 Å². The number of hydrogen-bond acceptors (Lipinski definition) is 0. The average molecular weight is 194 g/mol. The molecule has 0 radical (unpaired) electrons. The Hall–Kier alpha value is -1.56. The van der Waals surface area contributed by atoms with E-state index in [-0.39, 0.29) is 0 Å². The molecule has 0 heteroatoms. The predicted molar refractivity (Wildman–Crippen MR) is 65.1 cm³/mol. The number of hydrogen-bond donors (Lipinski definition) is 0. The Balaban J connectivity index is 2.09. The van der Waals surface area contributed by atoms with E-state index in [4.69, 9.17) is 0 Å². The molecule has 0 fully saturated rings. The normalized spacial score (nSPS) is 19.9. The SMILES string of the molecule is C1=CC(c2ccc3ccccc3c2)CC1. The Bertz CT molecular complexity index is 508. The number of benzene rings is 2. The van der Waals surface area contributed by atoms with E-state index in [1.807, 2.05) is 0 Å². The molecule has 0 bridgehead atoms. The lowest BCUT2D eigenvalue weighted by atomic mass is 9.96. The summed E-state index contributed by atoms with van der Waals surface area (Å²) in [6.45, 7) is 0. The second-order valence-corrected chi connectivity index (χ2v) is 4.22. The van der Waals surface area contributed by atoms with Gasteiger partial charge in [-0.3, -0.25) is 0 Å². The van der Waals surface area contributed by atoms with Crippen LogP contribution in [0, 0.1) is 0 Å². The van der Waals surface area contributed by atoms with Crippen LogP contribution in [-0.2, 0) is 0 Å². The Morgan fingerprint density at radius 2 is 1.80 bits per heavy atom. The third-order valence-electron chi connectivity index (χ3n) is 3.21.